The molecule has 2 aromatic heterocycles. The summed E-state index contributed by atoms with van der Waals surface area (Å²) in [4.78, 5) is 20.8. The number of para-hydroxylation sites is 1. The number of rotatable bonds is 7. The lowest BCUT2D eigenvalue weighted by Crippen LogP contribution is -2.17. The van der Waals surface area contributed by atoms with Gasteiger partial charge in [0.2, 0.25) is 17.6 Å². The van der Waals surface area contributed by atoms with E-state index >= 15 is 0 Å². The number of thioether (sulfide) groups is 1. The van der Waals surface area contributed by atoms with Gasteiger partial charge in [0.25, 0.3) is 0 Å². The predicted octanol–water partition coefficient (Wildman–Crippen LogP) is 4.34. The Morgan fingerprint density at radius 1 is 1.14 bits per heavy atom. The number of amides is 1. The molecule has 1 N–H and O–H groups in total. The zero-order valence-corrected chi connectivity index (χ0v) is 16.3. The van der Waals surface area contributed by atoms with E-state index in [1.165, 1.54) is 25.7 Å². The molecule has 0 radical (unpaired) electrons. The molecular weight excluding hydrogens is 372 g/mol. The number of nitrogens with zero attached hydrogens (tertiary/aromatic N) is 3. The van der Waals surface area contributed by atoms with Crippen LogP contribution in [-0.4, -0.2) is 32.0 Å². The highest BCUT2D eigenvalue weighted by atomic mass is 32.2. The molecule has 0 spiro atoms. The first-order chi connectivity index (χ1) is 13.8. The van der Waals surface area contributed by atoms with Crippen molar-refractivity contribution in [2.75, 3.05) is 11.1 Å². The van der Waals surface area contributed by atoms with Crippen LogP contribution in [-0.2, 0) is 11.2 Å². The van der Waals surface area contributed by atoms with E-state index < -0.39 is 0 Å². The van der Waals surface area contributed by atoms with Gasteiger partial charge in [0.15, 0.2) is 0 Å². The fourth-order valence-corrected chi connectivity index (χ4v) is 4.46. The third-order valence-electron chi connectivity index (χ3n) is 4.79. The minimum absolute atomic E-state index is 0.0346. The van der Waals surface area contributed by atoms with Crippen LogP contribution >= 0.6 is 11.8 Å². The maximum atomic E-state index is 12.4. The third-order valence-corrected chi connectivity index (χ3v) is 6.16. The first kappa shape index (κ1) is 18.7. The molecular formula is C21H22N4O2S. The highest BCUT2D eigenvalue weighted by Crippen LogP contribution is 2.29. The second-order valence-corrected chi connectivity index (χ2v) is 8.14. The van der Waals surface area contributed by atoms with Crippen LogP contribution in [0.2, 0.25) is 0 Å². The number of benzene rings is 1. The lowest BCUT2D eigenvalue weighted by molar-refractivity contribution is -0.113. The van der Waals surface area contributed by atoms with Crippen LogP contribution in [0.3, 0.4) is 0 Å². The van der Waals surface area contributed by atoms with Crippen LogP contribution in [0.5, 0.6) is 0 Å². The molecule has 1 aliphatic rings. The summed E-state index contributed by atoms with van der Waals surface area (Å²) in [6.07, 6.45) is 8.88. The number of carbonyl (C=O) groups excluding carboxylic acids is 1. The summed E-state index contributed by atoms with van der Waals surface area (Å²) in [5, 5.41) is 7.71. The Labute approximate surface area is 168 Å². The molecule has 28 heavy (non-hydrogen) atoms. The molecule has 0 unspecified atom stereocenters. The van der Waals surface area contributed by atoms with E-state index in [-0.39, 0.29) is 5.91 Å². The highest BCUT2D eigenvalue weighted by Gasteiger charge is 2.17. The molecule has 1 amide bonds. The summed E-state index contributed by atoms with van der Waals surface area (Å²) in [7, 11) is 0. The van der Waals surface area contributed by atoms with Gasteiger partial charge in [-0.1, -0.05) is 36.2 Å². The summed E-state index contributed by atoms with van der Waals surface area (Å²) in [5.74, 6) is 1.57. The lowest BCUT2D eigenvalue weighted by atomic mass is 10.1. The van der Waals surface area contributed by atoms with Crippen molar-refractivity contribution in [2.24, 2.45) is 0 Å². The maximum Gasteiger partial charge on any atom is 0.234 e. The molecule has 0 saturated heterocycles. The van der Waals surface area contributed by atoms with Crippen LogP contribution in [0, 0.1) is 0 Å². The fourth-order valence-electron chi connectivity index (χ4n) is 3.34. The number of carbonyl (C=O) groups is 1. The largest absolute Gasteiger partial charge is 0.339 e. The van der Waals surface area contributed by atoms with Crippen molar-refractivity contribution < 1.29 is 9.32 Å². The zero-order chi connectivity index (χ0) is 19.2. The van der Waals surface area contributed by atoms with Gasteiger partial charge in [-0.15, -0.1) is 11.8 Å². The summed E-state index contributed by atoms with van der Waals surface area (Å²) in [6, 6.07) is 11.4. The molecule has 144 valence electrons. The van der Waals surface area contributed by atoms with Crippen molar-refractivity contribution in [2.45, 2.75) is 37.4 Å². The fraction of sp³-hybridized carbons (Fsp3) is 0.333. The molecule has 4 rings (SSSR count). The van der Waals surface area contributed by atoms with Gasteiger partial charge in [0.1, 0.15) is 0 Å². The van der Waals surface area contributed by atoms with E-state index in [1.54, 1.807) is 24.2 Å². The van der Waals surface area contributed by atoms with E-state index in [1.807, 2.05) is 36.4 Å². The van der Waals surface area contributed by atoms with Gasteiger partial charge >= 0.3 is 0 Å². The molecule has 1 aromatic carbocycles. The van der Waals surface area contributed by atoms with Gasteiger partial charge in [-0.3, -0.25) is 9.78 Å². The van der Waals surface area contributed by atoms with Gasteiger partial charge in [-0.2, -0.15) is 4.98 Å². The van der Waals surface area contributed by atoms with Crippen molar-refractivity contribution in [3.05, 3.63) is 60.2 Å². The minimum Gasteiger partial charge on any atom is -0.339 e. The van der Waals surface area contributed by atoms with Gasteiger partial charge < -0.3 is 9.84 Å². The monoisotopic (exact) mass is 394 g/mol. The van der Waals surface area contributed by atoms with E-state index in [0.717, 1.165) is 16.8 Å². The van der Waals surface area contributed by atoms with Crippen molar-refractivity contribution >= 4 is 23.4 Å². The van der Waals surface area contributed by atoms with Crippen molar-refractivity contribution in [1.29, 1.82) is 0 Å². The summed E-state index contributed by atoms with van der Waals surface area (Å²) in [5.41, 5.74) is 2.60. The Balaban J connectivity index is 1.40. The molecule has 1 aliphatic carbocycles. The van der Waals surface area contributed by atoms with E-state index in [0.29, 0.717) is 29.1 Å². The third kappa shape index (κ3) is 4.78. The molecule has 1 saturated carbocycles. The minimum atomic E-state index is 0.0346. The normalized spacial score (nSPS) is 14.3. The number of hydrogen-bond donors (Lipinski definition) is 1. The number of pyridine rings is 1. The number of hydrogen-bond acceptors (Lipinski definition) is 6. The first-order valence-electron chi connectivity index (χ1n) is 9.50. The summed E-state index contributed by atoms with van der Waals surface area (Å²) >= 11 is 1.76. The van der Waals surface area contributed by atoms with Crippen molar-refractivity contribution in [1.82, 2.24) is 15.1 Å². The van der Waals surface area contributed by atoms with Crippen LogP contribution in [0.25, 0.3) is 11.4 Å². The van der Waals surface area contributed by atoms with Gasteiger partial charge in [-0.05, 0) is 36.6 Å². The Bertz CT molecular complexity index is 923. The van der Waals surface area contributed by atoms with E-state index in [9.17, 15) is 4.79 Å². The number of nitrogens with one attached hydrogen (secondary N) is 1. The average molecular weight is 395 g/mol. The first-order valence-corrected chi connectivity index (χ1v) is 10.5. The smallest absolute Gasteiger partial charge is 0.234 e. The standard InChI is InChI=1S/C21H22N4O2S/c26-19(14-28-17-6-2-3-7-17)23-18-8-4-1-5-16(18)13-20-24-21(25-27-20)15-9-11-22-12-10-15/h1,4-5,8-12,17H,2-3,6-7,13-14H2,(H,23,26). The lowest BCUT2D eigenvalue weighted by Gasteiger charge is -2.11. The molecule has 7 heteroatoms. The molecule has 6 nitrogen and oxygen atoms in total. The van der Waals surface area contributed by atoms with Gasteiger partial charge in [-0.25, -0.2) is 0 Å². The summed E-state index contributed by atoms with van der Waals surface area (Å²) in [6.45, 7) is 0. The predicted molar refractivity (Wildman–Crippen MR) is 110 cm³/mol. The number of aromatic nitrogens is 3. The SMILES string of the molecule is O=C(CSC1CCCC1)Nc1ccccc1Cc1nc(-c2ccncc2)no1. The maximum absolute atomic E-state index is 12.4. The Hall–Kier alpha value is -2.67. The second kappa shape index (κ2) is 9.01. The topological polar surface area (TPSA) is 80.9 Å². The Kier molecular flexibility index (Phi) is 6.01. The van der Waals surface area contributed by atoms with E-state index in [4.69, 9.17) is 4.52 Å². The van der Waals surface area contributed by atoms with Crippen molar-refractivity contribution in [3.8, 4) is 11.4 Å². The van der Waals surface area contributed by atoms with Crippen molar-refractivity contribution in [3.63, 3.8) is 0 Å². The van der Waals surface area contributed by atoms with E-state index in [2.05, 4.69) is 20.4 Å². The Morgan fingerprint density at radius 2 is 1.93 bits per heavy atom. The van der Waals surface area contributed by atoms with Gasteiger partial charge in [0, 0.05) is 28.9 Å². The zero-order valence-electron chi connectivity index (χ0n) is 15.5. The van der Waals surface area contributed by atoms with Crippen LogP contribution in [0.15, 0.2) is 53.3 Å². The molecule has 2 heterocycles. The summed E-state index contributed by atoms with van der Waals surface area (Å²) < 4.78 is 5.40. The van der Waals surface area contributed by atoms with Crippen LogP contribution < -0.4 is 5.32 Å². The van der Waals surface area contributed by atoms with Crippen LogP contribution in [0.1, 0.15) is 37.1 Å². The molecule has 1 fully saturated rings. The molecule has 3 aromatic rings. The quantitative estimate of drug-likeness (QED) is 0.642. The Morgan fingerprint density at radius 3 is 2.75 bits per heavy atom. The highest BCUT2D eigenvalue weighted by molar-refractivity contribution is 8.00. The van der Waals surface area contributed by atoms with Crippen LogP contribution in [0.4, 0.5) is 5.69 Å². The average Bonchev–Trinajstić information content (AvgIpc) is 3.41. The molecule has 0 atom stereocenters. The van der Waals surface area contributed by atoms with Gasteiger partial charge in [0.05, 0.1) is 12.2 Å². The molecule has 0 aliphatic heterocycles. The second-order valence-electron chi connectivity index (χ2n) is 6.85. The number of anilines is 1. The molecule has 0 bridgehead atoms.